The van der Waals surface area contributed by atoms with E-state index in [1.165, 1.54) is 22.4 Å². The fraction of sp³-hybridized carbons (Fsp3) is 0.250. The summed E-state index contributed by atoms with van der Waals surface area (Å²) in [6, 6.07) is 13.0. The lowest BCUT2D eigenvalue weighted by molar-refractivity contribution is 0.466. The standard InChI is InChI=1S/C16H15N3/c1-2-6-13-11(4-1)7-8-14-15(18-19-16(13)14)12-5-3-9-17-10-12/h1-6,9-10,14-15,18H,7-8H2. The molecule has 94 valence electrons. The summed E-state index contributed by atoms with van der Waals surface area (Å²) in [6.45, 7) is 0. The van der Waals surface area contributed by atoms with Crippen LogP contribution in [0.25, 0.3) is 0 Å². The molecule has 1 N–H and O–H groups in total. The highest BCUT2D eigenvalue weighted by Crippen LogP contribution is 2.37. The Kier molecular flexibility index (Phi) is 2.37. The predicted octanol–water partition coefficient (Wildman–Crippen LogP) is 2.69. The largest absolute Gasteiger partial charge is 0.302 e. The predicted molar refractivity (Wildman–Crippen MR) is 74.9 cm³/mol. The van der Waals surface area contributed by atoms with Gasteiger partial charge < -0.3 is 5.43 Å². The molecule has 0 bridgehead atoms. The fourth-order valence-electron chi connectivity index (χ4n) is 3.20. The Morgan fingerprint density at radius 3 is 2.95 bits per heavy atom. The molecule has 1 aromatic heterocycles. The fourth-order valence-corrected chi connectivity index (χ4v) is 3.20. The van der Waals surface area contributed by atoms with Crippen LogP contribution in [0.5, 0.6) is 0 Å². The van der Waals surface area contributed by atoms with Crippen molar-refractivity contribution in [2.45, 2.75) is 18.9 Å². The molecule has 19 heavy (non-hydrogen) atoms. The van der Waals surface area contributed by atoms with Gasteiger partial charge in [-0.2, -0.15) is 5.10 Å². The van der Waals surface area contributed by atoms with Gasteiger partial charge >= 0.3 is 0 Å². The number of hydrazone groups is 1. The molecule has 2 unspecified atom stereocenters. The first-order chi connectivity index (χ1) is 9.43. The van der Waals surface area contributed by atoms with Gasteiger partial charge in [0.25, 0.3) is 0 Å². The van der Waals surface area contributed by atoms with Gasteiger partial charge in [0.15, 0.2) is 0 Å². The van der Waals surface area contributed by atoms with Gasteiger partial charge in [-0.25, -0.2) is 0 Å². The minimum absolute atomic E-state index is 0.275. The number of benzene rings is 1. The molecule has 4 rings (SSSR count). The van der Waals surface area contributed by atoms with E-state index in [-0.39, 0.29) is 6.04 Å². The summed E-state index contributed by atoms with van der Waals surface area (Å²) in [5, 5.41) is 4.60. The van der Waals surface area contributed by atoms with Crippen LogP contribution in [-0.4, -0.2) is 10.7 Å². The minimum Gasteiger partial charge on any atom is -0.302 e. The number of hydrogen-bond acceptors (Lipinski definition) is 3. The van der Waals surface area contributed by atoms with Crippen LogP contribution in [0, 0.1) is 5.92 Å². The summed E-state index contributed by atoms with van der Waals surface area (Å²) in [4.78, 5) is 4.22. The topological polar surface area (TPSA) is 37.3 Å². The van der Waals surface area contributed by atoms with Crippen LogP contribution >= 0.6 is 0 Å². The van der Waals surface area contributed by atoms with Gasteiger partial charge in [-0.05, 0) is 30.0 Å². The molecule has 2 aromatic rings. The molecular formula is C16H15N3. The molecule has 0 spiro atoms. The lowest BCUT2D eigenvalue weighted by atomic mass is 9.78. The van der Waals surface area contributed by atoms with Crippen molar-refractivity contribution in [2.24, 2.45) is 11.0 Å². The highest BCUT2D eigenvalue weighted by Gasteiger charge is 2.36. The first-order valence-electron chi connectivity index (χ1n) is 6.75. The maximum Gasteiger partial charge on any atom is 0.0789 e. The quantitative estimate of drug-likeness (QED) is 0.843. The van der Waals surface area contributed by atoms with Gasteiger partial charge in [-0.1, -0.05) is 30.3 Å². The zero-order valence-corrected chi connectivity index (χ0v) is 10.6. The number of nitrogens with one attached hydrogen (secondary N) is 1. The number of hydrogen-bond donors (Lipinski definition) is 1. The number of rotatable bonds is 1. The average molecular weight is 249 g/mol. The van der Waals surface area contributed by atoms with Gasteiger partial charge in [-0.3, -0.25) is 4.98 Å². The molecule has 3 heteroatoms. The monoisotopic (exact) mass is 249 g/mol. The number of fused-ring (bicyclic) bond motifs is 3. The molecule has 2 aliphatic rings. The lowest BCUT2D eigenvalue weighted by Gasteiger charge is -2.26. The van der Waals surface area contributed by atoms with Crippen molar-refractivity contribution >= 4 is 5.71 Å². The molecule has 1 aromatic carbocycles. The van der Waals surface area contributed by atoms with Crippen molar-refractivity contribution < 1.29 is 0 Å². The SMILES string of the molecule is c1cncc(C2NN=C3c4ccccc4CCC32)c1. The van der Waals surface area contributed by atoms with Crippen LogP contribution in [0.4, 0.5) is 0 Å². The van der Waals surface area contributed by atoms with Crippen LogP contribution < -0.4 is 5.43 Å². The molecule has 0 saturated heterocycles. The summed E-state index contributed by atoms with van der Waals surface area (Å²) < 4.78 is 0. The molecule has 0 fully saturated rings. The Hall–Kier alpha value is -2.16. The Morgan fingerprint density at radius 1 is 1.11 bits per heavy atom. The summed E-state index contributed by atoms with van der Waals surface area (Å²) in [6.07, 6.45) is 6.05. The van der Waals surface area contributed by atoms with Crippen molar-refractivity contribution in [1.82, 2.24) is 10.4 Å². The molecule has 0 saturated carbocycles. The van der Waals surface area contributed by atoms with Crippen LogP contribution in [0.15, 0.2) is 53.9 Å². The first kappa shape index (κ1) is 10.7. The maximum atomic E-state index is 4.60. The normalized spacial score (nSPS) is 24.1. The molecule has 0 radical (unpaired) electrons. The molecule has 0 amide bonds. The van der Waals surface area contributed by atoms with Gasteiger partial charge in [0.2, 0.25) is 0 Å². The summed E-state index contributed by atoms with van der Waals surface area (Å²) >= 11 is 0. The van der Waals surface area contributed by atoms with E-state index in [1.54, 1.807) is 0 Å². The summed E-state index contributed by atoms with van der Waals surface area (Å²) in [5.74, 6) is 0.471. The van der Waals surface area contributed by atoms with Gasteiger partial charge in [0, 0.05) is 23.9 Å². The smallest absolute Gasteiger partial charge is 0.0789 e. The van der Waals surface area contributed by atoms with E-state index in [4.69, 9.17) is 0 Å². The Morgan fingerprint density at radius 2 is 2.05 bits per heavy atom. The van der Waals surface area contributed by atoms with E-state index < -0.39 is 0 Å². The van der Waals surface area contributed by atoms with Crippen LogP contribution in [-0.2, 0) is 6.42 Å². The van der Waals surface area contributed by atoms with E-state index in [2.05, 4.69) is 45.8 Å². The van der Waals surface area contributed by atoms with Gasteiger partial charge in [-0.15, -0.1) is 0 Å². The van der Waals surface area contributed by atoms with E-state index in [0.29, 0.717) is 5.92 Å². The Balaban J connectivity index is 1.72. The third kappa shape index (κ3) is 1.65. The van der Waals surface area contributed by atoms with Crippen LogP contribution in [0.3, 0.4) is 0 Å². The highest BCUT2D eigenvalue weighted by molar-refractivity contribution is 6.05. The van der Waals surface area contributed by atoms with Crippen molar-refractivity contribution in [3.05, 3.63) is 65.5 Å². The van der Waals surface area contributed by atoms with Crippen LogP contribution in [0.1, 0.15) is 29.2 Å². The molecular weight excluding hydrogens is 234 g/mol. The second kappa shape index (κ2) is 4.19. The van der Waals surface area contributed by atoms with Gasteiger partial charge in [0.1, 0.15) is 0 Å². The van der Waals surface area contributed by atoms with Crippen molar-refractivity contribution in [3.8, 4) is 0 Å². The second-order valence-corrected chi connectivity index (χ2v) is 5.19. The lowest BCUT2D eigenvalue weighted by Crippen LogP contribution is -2.26. The van der Waals surface area contributed by atoms with Gasteiger partial charge in [0.05, 0.1) is 11.8 Å². The Bertz CT molecular complexity index is 633. The van der Waals surface area contributed by atoms with Crippen molar-refractivity contribution in [2.75, 3.05) is 0 Å². The van der Waals surface area contributed by atoms with E-state index in [0.717, 1.165) is 12.8 Å². The minimum atomic E-state index is 0.275. The summed E-state index contributed by atoms with van der Waals surface area (Å²) in [5.41, 5.74) is 8.49. The Labute approximate surface area is 112 Å². The first-order valence-corrected chi connectivity index (χ1v) is 6.75. The van der Waals surface area contributed by atoms with Crippen molar-refractivity contribution in [3.63, 3.8) is 0 Å². The number of aryl methyl sites for hydroxylation is 1. The molecule has 2 heterocycles. The number of aromatic nitrogens is 1. The second-order valence-electron chi connectivity index (χ2n) is 5.19. The molecule has 2 atom stereocenters. The number of nitrogens with zero attached hydrogens (tertiary/aromatic N) is 2. The maximum absolute atomic E-state index is 4.60. The van der Waals surface area contributed by atoms with E-state index in [1.807, 2.05) is 18.5 Å². The van der Waals surface area contributed by atoms with E-state index in [9.17, 15) is 0 Å². The van der Waals surface area contributed by atoms with Crippen molar-refractivity contribution in [1.29, 1.82) is 0 Å². The summed E-state index contributed by atoms with van der Waals surface area (Å²) in [7, 11) is 0. The molecule has 3 nitrogen and oxygen atoms in total. The number of pyridine rings is 1. The zero-order chi connectivity index (χ0) is 12.7. The average Bonchev–Trinajstić information content (AvgIpc) is 2.92. The highest BCUT2D eigenvalue weighted by atomic mass is 15.3. The third-order valence-electron chi connectivity index (χ3n) is 4.14. The van der Waals surface area contributed by atoms with Crippen LogP contribution in [0.2, 0.25) is 0 Å². The molecule has 1 aliphatic carbocycles. The zero-order valence-electron chi connectivity index (χ0n) is 10.6. The third-order valence-corrected chi connectivity index (χ3v) is 4.14. The molecule has 1 aliphatic heterocycles. The van der Waals surface area contributed by atoms with E-state index >= 15 is 0 Å².